The zero-order chi connectivity index (χ0) is 11.5. The predicted octanol–water partition coefficient (Wildman–Crippen LogP) is 2.82. The molecule has 88 valence electrons. The van der Waals surface area contributed by atoms with Crippen molar-refractivity contribution in [1.29, 1.82) is 0 Å². The Morgan fingerprint density at radius 3 is 2.82 bits per heavy atom. The Morgan fingerprint density at radius 1 is 1.12 bits per heavy atom. The lowest BCUT2D eigenvalue weighted by atomic mass is 9.90. The number of ether oxygens (including phenoxy) is 1. The predicted molar refractivity (Wildman–Crippen MR) is 69.1 cm³/mol. The highest BCUT2D eigenvalue weighted by molar-refractivity contribution is 5.89. The zero-order valence-corrected chi connectivity index (χ0v) is 9.67. The van der Waals surface area contributed by atoms with Gasteiger partial charge in [-0.05, 0) is 25.0 Å². The number of para-hydroxylation sites is 1. The molecule has 2 atom stereocenters. The summed E-state index contributed by atoms with van der Waals surface area (Å²) >= 11 is 0. The number of nitrogens with one attached hydrogen (secondary N) is 1. The van der Waals surface area contributed by atoms with Crippen LogP contribution in [-0.2, 0) is 4.74 Å². The van der Waals surface area contributed by atoms with Gasteiger partial charge >= 0.3 is 0 Å². The topological polar surface area (TPSA) is 33.6 Å². The quantitative estimate of drug-likeness (QED) is 0.750. The Labute approximate surface area is 101 Å². The number of rotatable bonds is 1. The van der Waals surface area contributed by atoms with Crippen molar-refractivity contribution in [2.45, 2.75) is 18.9 Å². The van der Waals surface area contributed by atoms with Gasteiger partial charge in [-0.2, -0.15) is 0 Å². The van der Waals surface area contributed by atoms with Crippen LogP contribution in [0.15, 0.2) is 47.5 Å². The van der Waals surface area contributed by atoms with Gasteiger partial charge in [0.25, 0.3) is 6.02 Å². The fourth-order valence-corrected chi connectivity index (χ4v) is 2.28. The Hall–Kier alpha value is -1.77. The number of amidine groups is 1. The van der Waals surface area contributed by atoms with E-state index in [4.69, 9.17) is 4.74 Å². The second-order valence-corrected chi connectivity index (χ2v) is 4.51. The number of fused-ring (bicyclic) bond motifs is 1. The summed E-state index contributed by atoms with van der Waals surface area (Å²) in [5.74, 6) is 0.557. The first kappa shape index (κ1) is 10.4. The number of allylic oxidation sites excluding steroid dienone is 1. The summed E-state index contributed by atoms with van der Waals surface area (Å²) in [7, 11) is 0. The van der Waals surface area contributed by atoms with Gasteiger partial charge in [0, 0.05) is 11.6 Å². The maximum Gasteiger partial charge on any atom is 0.289 e. The largest absolute Gasteiger partial charge is 0.465 e. The molecule has 1 aliphatic carbocycles. The van der Waals surface area contributed by atoms with Gasteiger partial charge in [-0.1, -0.05) is 30.4 Å². The van der Waals surface area contributed by atoms with Gasteiger partial charge in [0.2, 0.25) is 0 Å². The van der Waals surface area contributed by atoms with E-state index in [1.54, 1.807) is 0 Å². The van der Waals surface area contributed by atoms with E-state index in [2.05, 4.69) is 22.5 Å². The molecule has 0 aromatic heterocycles. The molecule has 1 aromatic rings. The van der Waals surface area contributed by atoms with E-state index in [1.807, 2.05) is 30.3 Å². The van der Waals surface area contributed by atoms with Crippen LogP contribution in [0, 0.1) is 5.92 Å². The Kier molecular flexibility index (Phi) is 2.82. The van der Waals surface area contributed by atoms with E-state index in [0.29, 0.717) is 18.0 Å². The summed E-state index contributed by atoms with van der Waals surface area (Å²) in [6, 6.07) is 11.1. The average molecular weight is 228 g/mol. The highest BCUT2D eigenvalue weighted by atomic mass is 16.5. The SMILES string of the molecule is C1=CC[C@H]2N=C(Nc3ccccc3)OC[C@H]2C1. The minimum atomic E-state index is 0.389. The molecule has 0 unspecified atom stereocenters. The van der Waals surface area contributed by atoms with Crippen LogP contribution in [0.1, 0.15) is 12.8 Å². The van der Waals surface area contributed by atoms with E-state index in [0.717, 1.165) is 25.1 Å². The molecule has 0 bridgehead atoms. The number of nitrogens with zero attached hydrogens (tertiary/aromatic N) is 1. The normalized spacial score (nSPS) is 26.7. The van der Waals surface area contributed by atoms with Crippen LogP contribution in [-0.4, -0.2) is 18.7 Å². The molecule has 1 heterocycles. The number of anilines is 1. The maximum absolute atomic E-state index is 5.66. The molecule has 1 aliphatic heterocycles. The maximum atomic E-state index is 5.66. The van der Waals surface area contributed by atoms with Gasteiger partial charge in [-0.3, -0.25) is 0 Å². The molecule has 17 heavy (non-hydrogen) atoms. The molecular weight excluding hydrogens is 212 g/mol. The first-order chi connectivity index (χ1) is 8.42. The van der Waals surface area contributed by atoms with E-state index in [1.165, 1.54) is 0 Å². The van der Waals surface area contributed by atoms with Gasteiger partial charge in [-0.25, -0.2) is 4.99 Å². The van der Waals surface area contributed by atoms with Gasteiger partial charge in [0.15, 0.2) is 0 Å². The first-order valence-electron chi connectivity index (χ1n) is 6.09. The molecule has 0 saturated heterocycles. The van der Waals surface area contributed by atoms with Crippen molar-refractivity contribution in [3.05, 3.63) is 42.5 Å². The van der Waals surface area contributed by atoms with E-state index < -0.39 is 0 Å². The molecule has 0 amide bonds. The fourth-order valence-electron chi connectivity index (χ4n) is 2.28. The van der Waals surface area contributed by atoms with Crippen molar-refractivity contribution >= 4 is 11.7 Å². The molecular formula is C14H16N2O. The van der Waals surface area contributed by atoms with Crippen LogP contribution in [0.4, 0.5) is 5.69 Å². The zero-order valence-electron chi connectivity index (χ0n) is 9.67. The van der Waals surface area contributed by atoms with Crippen molar-refractivity contribution in [3.8, 4) is 0 Å². The summed E-state index contributed by atoms with van der Waals surface area (Å²) in [5, 5.41) is 3.22. The molecule has 3 rings (SSSR count). The number of benzene rings is 1. The molecule has 0 fully saturated rings. The monoisotopic (exact) mass is 228 g/mol. The third-order valence-electron chi connectivity index (χ3n) is 3.27. The Morgan fingerprint density at radius 2 is 1.94 bits per heavy atom. The highest BCUT2D eigenvalue weighted by Gasteiger charge is 2.27. The average Bonchev–Trinajstić information content (AvgIpc) is 2.40. The lowest BCUT2D eigenvalue weighted by Gasteiger charge is -2.30. The van der Waals surface area contributed by atoms with E-state index >= 15 is 0 Å². The smallest absolute Gasteiger partial charge is 0.289 e. The van der Waals surface area contributed by atoms with Crippen molar-refractivity contribution in [3.63, 3.8) is 0 Å². The number of hydrogen-bond donors (Lipinski definition) is 1. The van der Waals surface area contributed by atoms with Gasteiger partial charge in [0.05, 0.1) is 12.6 Å². The second-order valence-electron chi connectivity index (χ2n) is 4.51. The van der Waals surface area contributed by atoms with Crippen LogP contribution in [0.5, 0.6) is 0 Å². The van der Waals surface area contributed by atoms with Crippen LogP contribution in [0.2, 0.25) is 0 Å². The van der Waals surface area contributed by atoms with Crippen LogP contribution in [0.25, 0.3) is 0 Å². The van der Waals surface area contributed by atoms with E-state index in [9.17, 15) is 0 Å². The summed E-state index contributed by atoms with van der Waals surface area (Å²) in [5.41, 5.74) is 1.02. The molecule has 3 heteroatoms. The molecule has 0 spiro atoms. The standard InChI is InChI=1S/C14H16N2O/c1-2-7-12(8-3-1)15-14-16-13-9-5-4-6-11(13)10-17-14/h1-5,7-8,11,13H,6,9-10H2,(H,15,16)/t11-,13-/m1/s1. The van der Waals surface area contributed by atoms with Crippen molar-refractivity contribution in [2.24, 2.45) is 10.9 Å². The minimum Gasteiger partial charge on any atom is -0.465 e. The van der Waals surface area contributed by atoms with Crippen molar-refractivity contribution in [1.82, 2.24) is 0 Å². The molecule has 2 aliphatic rings. The highest BCUT2D eigenvalue weighted by Crippen LogP contribution is 2.26. The summed E-state index contributed by atoms with van der Waals surface area (Å²) in [4.78, 5) is 4.63. The minimum absolute atomic E-state index is 0.389. The van der Waals surface area contributed by atoms with E-state index in [-0.39, 0.29) is 0 Å². The number of hydrogen-bond acceptors (Lipinski definition) is 3. The van der Waals surface area contributed by atoms with Crippen molar-refractivity contribution < 1.29 is 4.74 Å². The number of aliphatic imine (C=N–C) groups is 1. The summed E-state index contributed by atoms with van der Waals surface area (Å²) in [6.45, 7) is 0.772. The lowest BCUT2D eigenvalue weighted by molar-refractivity contribution is 0.185. The third-order valence-corrected chi connectivity index (χ3v) is 3.27. The summed E-state index contributed by atoms with van der Waals surface area (Å²) < 4.78 is 5.66. The van der Waals surface area contributed by atoms with Crippen molar-refractivity contribution in [2.75, 3.05) is 11.9 Å². The molecule has 1 aromatic carbocycles. The van der Waals surface area contributed by atoms with Gasteiger partial charge in [-0.15, -0.1) is 0 Å². The van der Waals surface area contributed by atoms with Crippen LogP contribution >= 0.6 is 0 Å². The molecule has 0 radical (unpaired) electrons. The fraction of sp³-hybridized carbons (Fsp3) is 0.357. The molecule has 3 nitrogen and oxygen atoms in total. The van der Waals surface area contributed by atoms with Crippen LogP contribution in [0.3, 0.4) is 0 Å². The van der Waals surface area contributed by atoms with Gasteiger partial charge < -0.3 is 10.1 Å². The first-order valence-corrected chi connectivity index (χ1v) is 6.09. The Bertz CT molecular complexity index is 439. The Balaban J connectivity index is 1.72. The third kappa shape index (κ3) is 2.33. The second kappa shape index (κ2) is 4.62. The summed E-state index contributed by atoms with van der Waals surface area (Å²) in [6.07, 6.45) is 6.58. The lowest BCUT2D eigenvalue weighted by Crippen LogP contribution is -2.35. The van der Waals surface area contributed by atoms with Crippen LogP contribution < -0.4 is 5.32 Å². The molecule has 1 N–H and O–H groups in total. The molecule has 0 saturated carbocycles. The van der Waals surface area contributed by atoms with Gasteiger partial charge in [0.1, 0.15) is 0 Å².